The Balaban J connectivity index is 1.71. The van der Waals surface area contributed by atoms with Crippen LogP contribution in [0, 0.1) is 17.2 Å². The first-order valence-electron chi connectivity index (χ1n) is 7.76. The molecule has 118 valence electrons. The molecule has 5 nitrogen and oxygen atoms in total. The van der Waals surface area contributed by atoms with Crippen LogP contribution in [0.2, 0.25) is 0 Å². The van der Waals surface area contributed by atoms with Crippen LogP contribution < -0.4 is 15.8 Å². The summed E-state index contributed by atoms with van der Waals surface area (Å²) in [6.07, 6.45) is 3.69. The van der Waals surface area contributed by atoms with Gasteiger partial charge in [-0.15, -0.1) is 0 Å². The zero-order chi connectivity index (χ0) is 15.9. The van der Waals surface area contributed by atoms with Gasteiger partial charge in [0.05, 0.1) is 17.7 Å². The number of carbonyl (C=O) groups excluding carboxylic acids is 1. The van der Waals surface area contributed by atoms with Crippen molar-refractivity contribution in [3.63, 3.8) is 0 Å². The lowest BCUT2D eigenvalue weighted by atomic mass is 10.00. The molecule has 5 heteroatoms. The van der Waals surface area contributed by atoms with E-state index < -0.39 is 0 Å². The van der Waals surface area contributed by atoms with E-state index in [1.807, 2.05) is 6.92 Å². The highest BCUT2D eigenvalue weighted by Crippen LogP contribution is 2.26. The number of hydrogen-bond donors (Lipinski definition) is 2. The lowest BCUT2D eigenvalue weighted by Crippen LogP contribution is -2.39. The normalized spacial score (nSPS) is 21.9. The third-order valence-electron chi connectivity index (χ3n) is 4.06. The third kappa shape index (κ3) is 4.74. The molecule has 0 aromatic heterocycles. The molecule has 2 rings (SSSR count). The van der Waals surface area contributed by atoms with Gasteiger partial charge in [0.2, 0.25) is 5.91 Å². The van der Waals surface area contributed by atoms with Crippen molar-refractivity contribution in [1.82, 2.24) is 5.32 Å². The second-order valence-corrected chi connectivity index (χ2v) is 5.97. The van der Waals surface area contributed by atoms with Crippen LogP contribution in [0.25, 0.3) is 0 Å². The molecule has 3 unspecified atom stereocenters. The number of amides is 1. The van der Waals surface area contributed by atoms with Gasteiger partial charge in [-0.1, -0.05) is 6.42 Å². The lowest BCUT2D eigenvalue weighted by Gasteiger charge is -2.18. The fourth-order valence-electron chi connectivity index (χ4n) is 2.78. The van der Waals surface area contributed by atoms with Gasteiger partial charge in [-0.05, 0) is 49.9 Å². The van der Waals surface area contributed by atoms with Crippen molar-refractivity contribution in [2.24, 2.45) is 11.7 Å². The summed E-state index contributed by atoms with van der Waals surface area (Å²) in [6.45, 7) is 2.31. The summed E-state index contributed by atoms with van der Waals surface area (Å²) in [6, 6.07) is 9.08. The number of benzene rings is 1. The molecule has 1 aliphatic rings. The summed E-state index contributed by atoms with van der Waals surface area (Å²) in [7, 11) is 0. The molecular weight excluding hydrogens is 278 g/mol. The van der Waals surface area contributed by atoms with Gasteiger partial charge in [-0.3, -0.25) is 4.79 Å². The van der Waals surface area contributed by atoms with Crippen LogP contribution in [0.3, 0.4) is 0 Å². The number of nitriles is 1. The monoisotopic (exact) mass is 301 g/mol. The highest BCUT2D eigenvalue weighted by molar-refractivity contribution is 5.76. The summed E-state index contributed by atoms with van der Waals surface area (Å²) < 4.78 is 5.61. The fourth-order valence-corrected chi connectivity index (χ4v) is 2.78. The molecule has 3 N–H and O–H groups in total. The molecule has 0 spiro atoms. The van der Waals surface area contributed by atoms with Crippen molar-refractivity contribution in [3.8, 4) is 11.8 Å². The SMILES string of the molecule is CC(COc1ccc(C#N)cc1)NC(=O)CC1CCCC1N. The molecule has 1 aliphatic carbocycles. The van der Waals surface area contributed by atoms with E-state index in [1.54, 1.807) is 24.3 Å². The summed E-state index contributed by atoms with van der Waals surface area (Å²) in [5, 5.41) is 11.7. The summed E-state index contributed by atoms with van der Waals surface area (Å²) in [4.78, 5) is 12.0. The van der Waals surface area contributed by atoms with E-state index in [-0.39, 0.29) is 18.0 Å². The molecule has 0 heterocycles. The van der Waals surface area contributed by atoms with Gasteiger partial charge < -0.3 is 15.8 Å². The molecule has 0 bridgehead atoms. The summed E-state index contributed by atoms with van der Waals surface area (Å²) in [5.41, 5.74) is 6.59. The zero-order valence-corrected chi connectivity index (χ0v) is 12.9. The highest BCUT2D eigenvalue weighted by Gasteiger charge is 2.26. The van der Waals surface area contributed by atoms with Crippen LogP contribution >= 0.6 is 0 Å². The molecule has 3 atom stereocenters. The quantitative estimate of drug-likeness (QED) is 0.840. The van der Waals surface area contributed by atoms with Crippen LogP contribution in [0.5, 0.6) is 5.75 Å². The summed E-state index contributed by atoms with van der Waals surface area (Å²) >= 11 is 0. The average molecular weight is 301 g/mol. The molecule has 1 fully saturated rings. The Hall–Kier alpha value is -2.06. The van der Waals surface area contributed by atoms with Crippen molar-refractivity contribution < 1.29 is 9.53 Å². The van der Waals surface area contributed by atoms with Crippen molar-refractivity contribution in [2.45, 2.75) is 44.7 Å². The Morgan fingerprint density at radius 2 is 2.18 bits per heavy atom. The van der Waals surface area contributed by atoms with Crippen LogP contribution in [0.15, 0.2) is 24.3 Å². The smallest absolute Gasteiger partial charge is 0.220 e. The second-order valence-electron chi connectivity index (χ2n) is 5.97. The van der Waals surface area contributed by atoms with E-state index in [0.29, 0.717) is 30.3 Å². The highest BCUT2D eigenvalue weighted by atomic mass is 16.5. The predicted octanol–water partition coefficient (Wildman–Crippen LogP) is 1.96. The predicted molar refractivity (Wildman–Crippen MR) is 84.2 cm³/mol. The standard InChI is InChI=1S/C17H23N3O2/c1-12(11-22-15-7-5-13(10-18)6-8-15)20-17(21)9-14-3-2-4-16(14)19/h5-8,12,14,16H,2-4,9,11,19H2,1H3,(H,20,21). The molecule has 22 heavy (non-hydrogen) atoms. The molecular formula is C17H23N3O2. The number of ether oxygens (including phenoxy) is 1. The number of carbonyl (C=O) groups is 1. The van der Waals surface area contributed by atoms with E-state index in [2.05, 4.69) is 11.4 Å². The number of rotatable bonds is 6. The molecule has 1 aromatic carbocycles. The van der Waals surface area contributed by atoms with Gasteiger partial charge in [0.25, 0.3) is 0 Å². The topological polar surface area (TPSA) is 88.1 Å². The van der Waals surface area contributed by atoms with Gasteiger partial charge in [0.15, 0.2) is 0 Å². The fraction of sp³-hybridized carbons (Fsp3) is 0.529. The van der Waals surface area contributed by atoms with E-state index >= 15 is 0 Å². The van der Waals surface area contributed by atoms with Crippen LogP contribution in [-0.4, -0.2) is 24.6 Å². The van der Waals surface area contributed by atoms with Crippen LogP contribution in [-0.2, 0) is 4.79 Å². The Kier molecular flexibility index (Phi) is 5.79. The van der Waals surface area contributed by atoms with Crippen molar-refractivity contribution in [1.29, 1.82) is 5.26 Å². The van der Waals surface area contributed by atoms with Crippen molar-refractivity contribution >= 4 is 5.91 Å². The van der Waals surface area contributed by atoms with Crippen LogP contribution in [0.1, 0.15) is 38.2 Å². The first-order valence-corrected chi connectivity index (χ1v) is 7.76. The van der Waals surface area contributed by atoms with Crippen molar-refractivity contribution in [2.75, 3.05) is 6.61 Å². The van der Waals surface area contributed by atoms with Crippen molar-refractivity contribution in [3.05, 3.63) is 29.8 Å². The van der Waals surface area contributed by atoms with Crippen LogP contribution in [0.4, 0.5) is 0 Å². The maximum atomic E-state index is 12.0. The minimum Gasteiger partial charge on any atom is -0.491 e. The first kappa shape index (κ1) is 16.3. The zero-order valence-electron chi connectivity index (χ0n) is 12.9. The van der Waals surface area contributed by atoms with Gasteiger partial charge in [0, 0.05) is 12.5 Å². The minimum atomic E-state index is -0.0687. The molecule has 0 radical (unpaired) electrons. The maximum absolute atomic E-state index is 12.0. The second kappa shape index (κ2) is 7.81. The third-order valence-corrected chi connectivity index (χ3v) is 4.06. The Bertz CT molecular complexity index is 536. The van der Waals surface area contributed by atoms with Gasteiger partial charge in [0.1, 0.15) is 12.4 Å². The van der Waals surface area contributed by atoms with E-state index in [1.165, 1.54) is 0 Å². The molecule has 0 saturated heterocycles. The molecule has 0 aliphatic heterocycles. The van der Waals surface area contributed by atoms with E-state index in [9.17, 15) is 4.79 Å². The average Bonchev–Trinajstić information content (AvgIpc) is 2.90. The summed E-state index contributed by atoms with van der Waals surface area (Å²) in [5.74, 6) is 1.04. The number of nitrogens with zero attached hydrogens (tertiary/aromatic N) is 1. The molecule has 1 amide bonds. The van der Waals surface area contributed by atoms with E-state index in [0.717, 1.165) is 19.3 Å². The molecule has 1 saturated carbocycles. The maximum Gasteiger partial charge on any atom is 0.220 e. The first-order chi connectivity index (χ1) is 10.6. The largest absolute Gasteiger partial charge is 0.491 e. The number of nitrogens with one attached hydrogen (secondary N) is 1. The Morgan fingerprint density at radius 1 is 1.45 bits per heavy atom. The Morgan fingerprint density at radius 3 is 2.77 bits per heavy atom. The van der Waals surface area contributed by atoms with E-state index in [4.69, 9.17) is 15.7 Å². The number of nitrogens with two attached hydrogens (primary N) is 1. The van der Waals surface area contributed by atoms with Gasteiger partial charge in [-0.2, -0.15) is 5.26 Å². The minimum absolute atomic E-state index is 0.0401. The van der Waals surface area contributed by atoms with Gasteiger partial charge in [-0.25, -0.2) is 0 Å². The Labute approximate surface area is 131 Å². The lowest BCUT2D eigenvalue weighted by molar-refractivity contribution is -0.122. The van der Waals surface area contributed by atoms with Gasteiger partial charge >= 0.3 is 0 Å². The molecule has 1 aromatic rings. The number of hydrogen-bond acceptors (Lipinski definition) is 4.